The van der Waals surface area contributed by atoms with E-state index in [2.05, 4.69) is 33.4 Å². The van der Waals surface area contributed by atoms with Crippen molar-refractivity contribution in [1.82, 2.24) is 10.4 Å². The number of ether oxygens (including phenoxy) is 1. The number of pyridine rings is 1. The average molecular weight is 359 g/mol. The monoisotopic (exact) mass is 358 g/mol. The van der Waals surface area contributed by atoms with Crippen molar-refractivity contribution in [2.45, 2.75) is 6.92 Å². The Hall–Kier alpha value is -2.44. The molecule has 1 amide bonds. The molecule has 130 valence electrons. The fourth-order valence-electron chi connectivity index (χ4n) is 2.70. The first-order valence-corrected chi connectivity index (χ1v) is 8.40. The third kappa shape index (κ3) is 4.35. The van der Waals surface area contributed by atoms with Gasteiger partial charge in [-0.05, 0) is 42.3 Å². The maximum absolute atomic E-state index is 12.0. The molecule has 0 atom stereocenters. The van der Waals surface area contributed by atoms with E-state index in [0.717, 1.165) is 37.4 Å². The van der Waals surface area contributed by atoms with Gasteiger partial charge < -0.3 is 9.64 Å². The van der Waals surface area contributed by atoms with Crippen LogP contribution in [-0.2, 0) is 4.74 Å². The molecule has 6 nitrogen and oxygen atoms in total. The molecule has 1 saturated heterocycles. The first-order chi connectivity index (χ1) is 12.1. The predicted molar refractivity (Wildman–Crippen MR) is 98.5 cm³/mol. The van der Waals surface area contributed by atoms with E-state index in [9.17, 15) is 4.79 Å². The highest BCUT2D eigenvalue weighted by molar-refractivity contribution is 6.32. The van der Waals surface area contributed by atoms with Crippen molar-refractivity contribution in [1.29, 1.82) is 0 Å². The number of anilines is 1. The summed E-state index contributed by atoms with van der Waals surface area (Å²) in [7, 11) is 0. The molecule has 1 aliphatic heterocycles. The van der Waals surface area contributed by atoms with E-state index < -0.39 is 5.91 Å². The van der Waals surface area contributed by atoms with Crippen LogP contribution in [0.5, 0.6) is 0 Å². The molecule has 1 aliphatic rings. The minimum absolute atomic E-state index is 0.154. The fraction of sp³-hybridized carbons (Fsp3) is 0.278. The summed E-state index contributed by atoms with van der Waals surface area (Å²) in [6.07, 6.45) is 3.14. The number of nitrogens with one attached hydrogen (secondary N) is 1. The lowest BCUT2D eigenvalue weighted by Gasteiger charge is -2.30. The number of carbonyl (C=O) groups excluding carboxylic acids is 1. The lowest BCUT2D eigenvalue weighted by molar-refractivity contribution is 0.0955. The van der Waals surface area contributed by atoms with Crippen molar-refractivity contribution in [3.63, 3.8) is 0 Å². The maximum Gasteiger partial charge on any atom is 0.274 e. The van der Waals surface area contributed by atoms with Crippen LogP contribution in [0, 0.1) is 6.92 Å². The van der Waals surface area contributed by atoms with Gasteiger partial charge in [0.15, 0.2) is 0 Å². The zero-order valence-corrected chi connectivity index (χ0v) is 14.7. The van der Waals surface area contributed by atoms with Gasteiger partial charge in [-0.15, -0.1) is 0 Å². The SMILES string of the molecule is Cc1cc(C=NNC(=O)c2cccnc2Cl)ccc1N1CCOCC1. The summed E-state index contributed by atoms with van der Waals surface area (Å²) in [5.41, 5.74) is 6.03. The zero-order valence-electron chi connectivity index (χ0n) is 13.9. The van der Waals surface area contributed by atoms with Gasteiger partial charge in [-0.3, -0.25) is 4.79 Å². The van der Waals surface area contributed by atoms with Crippen molar-refractivity contribution < 1.29 is 9.53 Å². The molecule has 1 aromatic heterocycles. The molecule has 2 aromatic rings. The number of hydrogen-bond donors (Lipinski definition) is 1. The molecule has 3 rings (SSSR count). The summed E-state index contributed by atoms with van der Waals surface area (Å²) in [5.74, 6) is -0.393. The number of aromatic nitrogens is 1. The Bertz CT molecular complexity index is 788. The van der Waals surface area contributed by atoms with E-state index in [0.29, 0.717) is 5.56 Å². The normalized spacial score (nSPS) is 14.7. The van der Waals surface area contributed by atoms with E-state index in [1.54, 1.807) is 18.3 Å². The van der Waals surface area contributed by atoms with Crippen LogP contribution in [0.25, 0.3) is 0 Å². The number of morpholine rings is 1. The quantitative estimate of drug-likeness (QED) is 0.518. The van der Waals surface area contributed by atoms with Crippen LogP contribution in [0.2, 0.25) is 5.15 Å². The highest BCUT2D eigenvalue weighted by atomic mass is 35.5. The van der Waals surface area contributed by atoms with E-state index in [4.69, 9.17) is 16.3 Å². The van der Waals surface area contributed by atoms with Gasteiger partial charge in [-0.2, -0.15) is 5.10 Å². The van der Waals surface area contributed by atoms with Gasteiger partial charge in [0.05, 0.1) is 25.0 Å². The van der Waals surface area contributed by atoms with Crippen LogP contribution in [0.3, 0.4) is 0 Å². The summed E-state index contributed by atoms with van der Waals surface area (Å²) in [5, 5.41) is 4.15. The molecule has 2 heterocycles. The standard InChI is InChI=1S/C18H19ClN4O2/c1-13-11-14(4-5-16(13)23-7-9-25-10-8-23)12-21-22-18(24)15-3-2-6-20-17(15)19/h2-6,11-12H,7-10H2,1H3,(H,22,24). The summed E-state index contributed by atoms with van der Waals surface area (Å²) in [4.78, 5) is 18.2. The Morgan fingerprint density at radius 2 is 2.16 bits per heavy atom. The summed E-state index contributed by atoms with van der Waals surface area (Å²) < 4.78 is 5.39. The number of aryl methyl sites for hydroxylation is 1. The molecule has 0 radical (unpaired) electrons. The number of carbonyl (C=O) groups is 1. The van der Waals surface area contributed by atoms with Crippen LogP contribution in [-0.4, -0.2) is 43.4 Å². The predicted octanol–water partition coefficient (Wildman–Crippen LogP) is 2.64. The summed E-state index contributed by atoms with van der Waals surface area (Å²) in [6, 6.07) is 9.34. The van der Waals surface area contributed by atoms with Crippen molar-refractivity contribution in [3.8, 4) is 0 Å². The summed E-state index contributed by atoms with van der Waals surface area (Å²) in [6.45, 7) is 5.37. The molecule has 7 heteroatoms. The smallest absolute Gasteiger partial charge is 0.274 e. The number of amides is 1. The van der Waals surface area contributed by atoms with E-state index in [-0.39, 0.29) is 5.15 Å². The van der Waals surface area contributed by atoms with Gasteiger partial charge in [0, 0.05) is 25.0 Å². The Balaban J connectivity index is 1.64. The Kier molecular flexibility index (Phi) is 5.63. The molecule has 1 fully saturated rings. The van der Waals surface area contributed by atoms with E-state index in [1.807, 2.05) is 12.1 Å². The van der Waals surface area contributed by atoms with Crippen LogP contribution in [0.15, 0.2) is 41.6 Å². The van der Waals surface area contributed by atoms with Crippen molar-refractivity contribution in [2.24, 2.45) is 5.10 Å². The first-order valence-electron chi connectivity index (χ1n) is 8.02. The number of halogens is 1. The lowest BCUT2D eigenvalue weighted by atomic mass is 10.1. The first kappa shape index (κ1) is 17.4. The molecule has 0 spiro atoms. The van der Waals surface area contributed by atoms with Crippen molar-refractivity contribution in [2.75, 3.05) is 31.2 Å². The molecule has 1 aromatic carbocycles. The molecule has 0 aliphatic carbocycles. The van der Waals surface area contributed by atoms with Gasteiger partial charge in [-0.1, -0.05) is 17.7 Å². The van der Waals surface area contributed by atoms with Crippen LogP contribution in [0.4, 0.5) is 5.69 Å². The number of rotatable bonds is 4. The largest absolute Gasteiger partial charge is 0.378 e. The van der Waals surface area contributed by atoms with Crippen LogP contribution in [0.1, 0.15) is 21.5 Å². The molecule has 0 saturated carbocycles. The second kappa shape index (κ2) is 8.09. The van der Waals surface area contributed by atoms with Crippen LogP contribution < -0.4 is 10.3 Å². The molecule has 0 bridgehead atoms. The number of benzene rings is 1. The average Bonchev–Trinajstić information content (AvgIpc) is 2.63. The topological polar surface area (TPSA) is 66.8 Å². The van der Waals surface area contributed by atoms with Crippen molar-refractivity contribution >= 4 is 29.4 Å². The maximum atomic E-state index is 12.0. The van der Waals surface area contributed by atoms with Gasteiger partial charge in [0.1, 0.15) is 5.15 Å². The van der Waals surface area contributed by atoms with E-state index >= 15 is 0 Å². The second-order valence-corrected chi connectivity index (χ2v) is 6.04. The number of hydrazone groups is 1. The molecule has 1 N–H and O–H groups in total. The minimum atomic E-state index is -0.393. The highest BCUT2D eigenvalue weighted by Gasteiger charge is 2.13. The number of nitrogens with zero attached hydrogens (tertiary/aromatic N) is 3. The Morgan fingerprint density at radius 3 is 2.88 bits per heavy atom. The Labute approximate surface area is 151 Å². The molecular formula is C18H19ClN4O2. The second-order valence-electron chi connectivity index (χ2n) is 5.69. The third-order valence-electron chi connectivity index (χ3n) is 3.96. The molecule has 0 unspecified atom stereocenters. The van der Waals surface area contributed by atoms with Gasteiger partial charge in [0.2, 0.25) is 0 Å². The highest BCUT2D eigenvalue weighted by Crippen LogP contribution is 2.21. The number of hydrogen-bond acceptors (Lipinski definition) is 5. The minimum Gasteiger partial charge on any atom is -0.378 e. The van der Waals surface area contributed by atoms with Gasteiger partial charge >= 0.3 is 0 Å². The van der Waals surface area contributed by atoms with Crippen molar-refractivity contribution in [3.05, 3.63) is 58.4 Å². The third-order valence-corrected chi connectivity index (χ3v) is 4.26. The van der Waals surface area contributed by atoms with Gasteiger partial charge in [0.25, 0.3) is 5.91 Å². The zero-order chi connectivity index (χ0) is 17.6. The molecular weight excluding hydrogens is 340 g/mol. The van der Waals surface area contributed by atoms with Gasteiger partial charge in [-0.25, -0.2) is 10.4 Å². The van der Waals surface area contributed by atoms with E-state index in [1.165, 1.54) is 11.9 Å². The lowest BCUT2D eigenvalue weighted by Crippen LogP contribution is -2.36. The Morgan fingerprint density at radius 1 is 1.36 bits per heavy atom. The fourth-order valence-corrected chi connectivity index (χ4v) is 2.90. The van der Waals surface area contributed by atoms with Crippen LogP contribution >= 0.6 is 11.6 Å². The molecule has 25 heavy (non-hydrogen) atoms. The summed E-state index contributed by atoms with van der Waals surface area (Å²) >= 11 is 5.89.